The number of halogens is 1. The molecule has 0 radical (unpaired) electrons. The summed E-state index contributed by atoms with van der Waals surface area (Å²) in [4.78, 5) is 16.4. The fourth-order valence-electron chi connectivity index (χ4n) is 3.09. The van der Waals surface area contributed by atoms with Gasteiger partial charge in [-0.3, -0.25) is 4.79 Å². The van der Waals surface area contributed by atoms with Crippen LogP contribution in [0.2, 0.25) is 0 Å². The molecule has 1 aliphatic heterocycles. The Morgan fingerprint density at radius 1 is 0.963 bits per heavy atom. The summed E-state index contributed by atoms with van der Waals surface area (Å²) in [6.07, 6.45) is 3.80. The summed E-state index contributed by atoms with van der Waals surface area (Å²) in [5, 5.41) is 12.6. The first-order chi connectivity index (χ1) is 13.2. The maximum Gasteiger partial charge on any atom is 0.227 e. The fraction of sp³-hybridized carbons (Fsp3) is 0.263. The van der Waals surface area contributed by atoms with Crippen molar-refractivity contribution in [2.45, 2.75) is 6.42 Å². The molecule has 0 N–H and O–H groups in total. The summed E-state index contributed by atoms with van der Waals surface area (Å²) in [5.41, 5.74) is 0.823. The third-order valence-corrected chi connectivity index (χ3v) is 4.60. The summed E-state index contributed by atoms with van der Waals surface area (Å²) in [5.74, 6) is 1.22. The van der Waals surface area contributed by atoms with Gasteiger partial charge in [0, 0.05) is 38.6 Å². The molecule has 27 heavy (non-hydrogen) atoms. The molecular formula is C19H19FN6O. The van der Waals surface area contributed by atoms with Gasteiger partial charge in [0.05, 0.1) is 6.42 Å². The summed E-state index contributed by atoms with van der Waals surface area (Å²) < 4.78 is 14.6. The van der Waals surface area contributed by atoms with Gasteiger partial charge in [-0.25, -0.2) is 9.07 Å². The van der Waals surface area contributed by atoms with Gasteiger partial charge < -0.3 is 9.80 Å². The molecule has 4 rings (SSSR count). The van der Waals surface area contributed by atoms with Crippen molar-refractivity contribution in [2.75, 3.05) is 31.1 Å². The van der Waals surface area contributed by atoms with Gasteiger partial charge in [-0.2, -0.15) is 5.10 Å². The van der Waals surface area contributed by atoms with E-state index in [-0.39, 0.29) is 11.7 Å². The van der Waals surface area contributed by atoms with Crippen LogP contribution in [0.4, 0.5) is 10.2 Å². The van der Waals surface area contributed by atoms with Gasteiger partial charge in [0.15, 0.2) is 11.6 Å². The van der Waals surface area contributed by atoms with E-state index in [1.165, 1.54) is 12.1 Å². The summed E-state index contributed by atoms with van der Waals surface area (Å²) in [7, 11) is 0. The molecule has 2 aromatic heterocycles. The van der Waals surface area contributed by atoms with E-state index in [4.69, 9.17) is 0 Å². The van der Waals surface area contributed by atoms with Crippen LogP contribution in [0.15, 0.2) is 54.9 Å². The molecule has 0 saturated carbocycles. The molecule has 1 fully saturated rings. The first-order valence-electron chi connectivity index (χ1n) is 8.80. The Hall–Kier alpha value is -3.29. The minimum atomic E-state index is -0.292. The highest BCUT2D eigenvalue weighted by atomic mass is 19.1. The maximum atomic E-state index is 13.0. The van der Waals surface area contributed by atoms with Crippen molar-refractivity contribution in [3.63, 3.8) is 0 Å². The molecule has 0 atom stereocenters. The Morgan fingerprint density at radius 2 is 1.67 bits per heavy atom. The highest BCUT2D eigenvalue weighted by Crippen LogP contribution is 2.15. The number of hydrogen-bond donors (Lipinski definition) is 0. The third kappa shape index (κ3) is 3.94. The molecule has 3 heterocycles. The molecule has 0 unspecified atom stereocenters. The molecule has 0 bridgehead atoms. The molecule has 0 aliphatic carbocycles. The molecule has 1 aliphatic rings. The molecule has 0 spiro atoms. The van der Waals surface area contributed by atoms with Crippen LogP contribution in [0.25, 0.3) is 5.82 Å². The predicted molar refractivity (Wildman–Crippen MR) is 98.1 cm³/mol. The molecule has 3 aromatic rings. The van der Waals surface area contributed by atoms with Crippen molar-refractivity contribution in [2.24, 2.45) is 0 Å². The van der Waals surface area contributed by atoms with Gasteiger partial charge in [0.1, 0.15) is 5.82 Å². The third-order valence-electron chi connectivity index (χ3n) is 4.60. The van der Waals surface area contributed by atoms with Gasteiger partial charge in [-0.05, 0) is 35.9 Å². The van der Waals surface area contributed by atoms with Crippen molar-refractivity contribution >= 4 is 11.7 Å². The standard InChI is InChI=1S/C19H19FN6O/c20-16-4-2-15(3-5-16)14-19(27)25-12-10-24(11-13-25)17-6-7-18(23-22-17)26-9-1-8-21-26/h1-9H,10-14H2. The Labute approximate surface area is 156 Å². The van der Waals surface area contributed by atoms with Crippen LogP contribution in [0.5, 0.6) is 0 Å². The maximum absolute atomic E-state index is 13.0. The number of carbonyl (C=O) groups is 1. The topological polar surface area (TPSA) is 67.2 Å². The second kappa shape index (κ2) is 7.53. The van der Waals surface area contributed by atoms with E-state index >= 15 is 0 Å². The Bertz CT molecular complexity index is 887. The SMILES string of the molecule is O=C(Cc1ccc(F)cc1)N1CCN(c2ccc(-n3cccn3)nn2)CC1. The van der Waals surface area contributed by atoms with E-state index in [0.29, 0.717) is 38.4 Å². The van der Waals surface area contributed by atoms with E-state index in [9.17, 15) is 9.18 Å². The number of carbonyl (C=O) groups excluding carboxylic acids is 1. The minimum Gasteiger partial charge on any atom is -0.352 e. The zero-order chi connectivity index (χ0) is 18.6. The van der Waals surface area contributed by atoms with E-state index in [1.54, 1.807) is 23.0 Å². The number of aromatic nitrogens is 4. The van der Waals surface area contributed by atoms with Crippen molar-refractivity contribution in [1.29, 1.82) is 0 Å². The second-order valence-electron chi connectivity index (χ2n) is 6.37. The van der Waals surface area contributed by atoms with Crippen LogP contribution >= 0.6 is 0 Å². The van der Waals surface area contributed by atoms with Crippen molar-refractivity contribution < 1.29 is 9.18 Å². The summed E-state index contributed by atoms with van der Waals surface area (Å²) in [6, 6.07) is 11.7. The Balaban J connectivity index is 1.33. The largest absolute Gasteiger partial charge is 0.352 e. The quantitative estimate of drug-likeness (QED) is 0.703. The van der Waals surface area contributed by atoms with E-state index in [2.05, 4.69) is 20.2 Å². The van der Waals surface area contributed by atoms with Gasteiger partial charge in [0.2, 0.25) is 5.91 Å². The number of benzene rings is 1. The van der Waals surface area contributed by atoms with Crippen LogP contribution in [0.3, 0.4) is 0 Å². The average Bonchev–Trinajstić information content (AvgIpc) is 3.25. The lowest BCUT2D eigenvalue weighted by molar-refractivity contribution is -0.130. The van der Waals surface area contributed by atoms with Crippen LogP contribution in [0.1, 0.15) is 5.56 Å². The Kier molecular flexibility index (Phi) is 4.78. The smallest absolute Gasteiger partial charge is 0.227 e. The summed E-state index contributed by atoms with van der Waals surface area (Å²) in [6.45, 7) is 2.65. The summed E-state index contributed by atoms with van der Waals surface area (Å²) >= 11 is 0. The predicted octanol–water partition coefficient (Wildman–Crippen LogP) is 1.69. The fourth-order valence-corrected chi connectivity index (χ4v) is 3.09. The highest BCUT2D eigenvalue weighted by Gasteiger charge is 2.22. The van der Waals surface area contributed by atoms with Gasteiger partial charge in [-0.15, -0.1) is 10.2 Å². The lowest BCUT2D eigenvalue weighted by atomic mass is 10.1. The Morgan fingerprint density at radius 3 is 2.30 bits per heavy atom. The normalized spacial score (nSPS) is 14.4. The zero-order valence-electron chi connectivity index (χ0n) is 14.7. The molecule has 8 heteroatoms. The van der Waals surface area contributed by atoms with Gasteiger partial charge in [-0.1, -0.05) is 12.1 Å². The number of amides is 1. The minimum absolute atomic E-state index is 0.0568. The number of anilines is 1. The van der Waals surface area contributed by atoms with Crippen molar-refractivity contribution in [1.82, 2.24) is 24.9 Å². The van der Waals surface area contributed by atoms with E-state index < -0.39 is 0 Å². The number of nitrogens with zero attached hydrogens (tertiary/aromatic N) is 6. The first kappa shape index (κ1) is 17.1. The number of hydrogen-bond acceptors (Lipinski definition) is 5. The molecule has 1 saturated heterocycles. The monoisotopic (exact) mass is 366 g/mol. The highest BCUT2D eigenvalue weighted by molar-refractivity contribution is 5.79. The lowest BCUT2D eigenvalue weighted by Gasteiger charge is -2.35. The molecule has 1 amide bonds. The van der Waals surface area contributed by atoms with E-state index in [0.717, 1.165) is 11.4 Å². The van der Waals surface area contributed by atoms with Crippen LogP contribution in [0, 0.1) is 5.82 Å². The molecule has 138 valence electrons. The van der Waals surface area contributed by atoms with Crippen molar-refractivity contribution in [3.8, 4) is 5.82 Å². The number of piperazine rings is 1. The van der Waals surface area contributed by atoms with Gasteiger partial charge in [0.25, 0.3) is 0 Å². The van der Waals surface area contributed by atoms with Crippen LogP contribution < -0.4 is 4.90 Å². The first-order valence-corrected chi connectivity index (χ1v) is 8.80. The molecule has 7 nitrogen and oxygen atoms in total. The van der Waals surface area contributed by atoms with Crippen molar-refractivity contribution in [3.05, 3.63) is 66.2 Å². The molecule has 1 aromatic carbocycles. The van der Waals surface area contributed by atoms with Crippen LogP contribution in [-0.2, 0) is 11.2 Å². The number of rotatable bonds is 4. The average molecular weight is 366 g/mol. The second-order valence-corrected chi connectivity index (χ2v) is 6.37. The van der Waals surface area contributed by atoms with Gasteiger partial charge >= 0.3 is 0 Å². The lowest BCUT2D eigenvalue weighted by Crippen LogP contribution is -2.49. The van der Waals surface area contributed by atoms with E-state index in [1.807, 2.05) is 29.3 Å². The zero-order valence-corrected chi connectivity index (χ0v) is 14.7. The molecular weight excluding hydrogens is 347 g/mol. The van der Waals surface area contributed by atoms with Crippen LogP contribution in [-0.4, -0.2) is 57.0 Å².